The highest BCUT2D eigenvalue weighted by Crippen LogP contribution is 2.41. The number of carbonyl (C=O) groups is 1. The maximum absolute atomic E-state index is 12.7. The summed E-state index contributed by atoms with van der Waals surface area (Å²) in [5.74, 6) is 3.39. The molecule has 4 rings (SSSR count). The molecule has 2 aliphatic rings. The summed E-state index contributed by atoms with van der Waals surface area (Å²) in [4.78, 5) is 29.8. The Balaban J connectivity index is 1.63. The summed E-state index contributed by atoms with van der Waals surface area (Å²) < 4.78 is 0. The van der Waals surface area contributed by atoms with Crippen molar-refractivity contribution in [1.82, 2.24) is 14.9 Å². The van der Waals surface area contributed by atoms with Crippen LogP contribution in [-0.2, 0) is 17.6 Å². The van der Waals surface area contributed by atoms with Crippen LogP contribution in [0.5, 0.6) is 0 Å². The SMILES string of the molecule is CC(C)c1nc(N2CCN(C(=O)CC(C)(C)C)CC2)c2c3c(sc2n1)C[C@@H](C)CC3. The molecule has 0 unspecified atom stereocenters. The summed E-state index contributed by atoms with van der Waals surface area (Å²) in [7, 11) is 0. The van der Waals surface area contributed by atoms with E-state index in [-0.39, 0.29) is 11.3 Å². The van der Waals surface area contributed by atoms with Crippen molar-refractivity contribution in [3.05, 3.63) is 16.3 Å². The average molecular weight is 429 g/mol. The molecule has 5 nitrogen and oxygen atoms in total. The summed E-state index contributed by atoms with van der Waals surface area (Å²) in [6.45, 7) is 16.3. The van der Waals surface area contributed by atoms with Gasteiger partial charge in [0.15, 0.2) is 0 Å². The van der Waals surface area contributed by atoms with Gasteiger partial charge in [0, 0.05) is 43.4 Å². The predicted molar refractivity (Wildman–Crippen MR) is 126 cm³/mol. The molecule has 2 aromatic rings. The first kappa shape index (κ1) is 21.5. The standard InChI is InChI=1S/C24H36N4OS/c1-15(2)21-25-22(20-17-8-7-16(3)13-18(17)30-23(20)26-21)28-11-9-27(10-12-28)19(29)14-24(4,5)6/h15-16H,7-14H2,1-6H3/t16-/m0/s1. The number of anilines is 1. The molecule has 1 saturated heterocycles. The third-order valence-electron chi connectivity index (χ3n) is 6.28. The van der Waals surface area contributed by atoms with Crippen molar-refractivity contribution >= 4 is 33.3 Å². The second kappa shape index (κ2) is 8.10. The summed E-state index contributed by atoms with van der Waals surface area (Å²) in [6, 6.07) is 0. The highest BCUT2D eigenvalue weighted by Gasteiger charge is 2.29. The van der Waals surface area contributed by atoms with Gasteiger partial charge in [0.05, 0.1) is 5.39 Å². The molecule has 1 amide bonds. The Morgan fingerprint density at radius 2 is 1.87 bits per heavy atom. The molecule has 1 aliphatic heterocycles. The lowest BCUT2D eigenvalue weighted by Gasteiger charge is -2.37. The lowest BCUT2D eigenvalue weighted by Crippen LogP contribution is -2.49. The first-order valence-electron chi connectivity index (χ1n) is 11.5. The molecule has 30 heavy (non-hydrogen) atoms. The highest BCUT2D eigenvalue weighted by atomic mass is 32.1. The summed E-state index contributed by atoms with van der Waals surface area (Å²) in [5.41, 5.74) is 1.52. The monoisotopic (exact) mass is 428 g/mol. The maximum Gasteiger partial charge on any atom is 0.223 e. The van der Waals surface area contributed by atoms with Gasteiger partial charge in [0.25, 0.3) is 0 Å². The van der Waals surface area contributed by atoms with Gasteiger partial charge in [-0.1, -0.05) is 41.5 Å². The number of carbonyl (C=O) groups excluding carboxylic acids is 1. The van der Waals surface area contributed by atoms with Crippen LogP contribution in [0.15, 0.2) is 0 Å². The van der Waals surface area contributed by atoms with E-state index in [1.807, 2.05) is 16.2 Å². The minimum absolute atomic E-state index is 0.0338. The number of amides is 1. The third-order valence-corrected chi connectivity index (χ3v) is 7.43. The third kappa shape index (κ3) is 4.34. The van der Waals surface area contributed by atoms with E-state index in [9.17, 15) is 4.79 Å². The molecule has 0 aromatic carbocycles. The van der Waals surface area contributed by atoms with Crippen LogP contribution in [0.25, 0.3) is 10.2 Å². The number of aromatic nitrogens is 2. The van der Waals surface area contributed by atoms with Crippen LogP contribution in [0.3, 0.4) is 0 Å². The van der Waals surface area contributed by atoms with Crippen molar-refractivity contribution in [2.24, 2.45) is 11.3 Å². The molecular formula is C24H36N4OS. The molecule has 0 spiro atoms. The molecule has 1 atom stereocenters. The minimum atomic E-state index is 0.0338. The zero-order chi connectivity index (χ0) is 21.6. The Morgan fingerprint density at radius 3 is 2.50 bits per heavy atom. The van der Waals surface area contributed by atoms with Crippen LogP contribution in [-0.4, -0.2) is 47.0 Å². The first-order valence-corrected chi connectivity index (χ1v) is 12.3. The summed E-state index contributed by atoms with van der Waals surface area (Å²) >= 11 is 1.88. The van der Waals surface area contributed by atoms with Gasteiger partial charge in [0.2, 0.25) is 5.91 Å². The van der Waals surface area contributed by atoms with Crippen LogP contribution < -0.4 is 4.90 Å². The molecule has 164 valence electrons. The Hall–Kier alpha value is -1.69. The lowest BCUT2D eigenvalue weighted by atomic mass is 9.89. The fourth-order valence-corrected chi connectivity index (χ4v) is 5.94. The number of nitrogens with zero attached hydrogens (tertiary/aromatic N) is 4. The number of fused-ring (bicyclic) bond motifs is 3. The molecule has 0 radical (unpaired) electrons. The van der Waals surface area contributed by atoms with E-state index in [1.54, 1.807) is 0 Å². The Bertz CT molecular complexity index is 935. The van der Waals surface area contributed by atoms with Crippen LogP contribution in [0, 0.1) is 11.3 Å². The van der Waals surface area contributed by atoms with E-state index in [4.69, 9.17) is 9.97 Å². The Morgan fingerprint density at radius 1 is 1.17 bits per heavy atom. The fourth-order valence-electron chi connectivity index (χ4n) is 4.56. The van der Waals surface area contributed by atoms with E-state index < -0.39 is 0 Å². The van der Waals surface area contributed by atoms with Gasteiger partial charge < -0.3 is 9.80 Å². The number of hydrogen-bond donors (Lipinski definition) is 0. The van der Waals surface area contributed by atoms with Crippen molar-refractivity contribution < 1.29 is 4.79 Å². The smallest absolute Gasteiger partial charge is 0.223 e. The van der Waals surface area contributed by atoms with Gasteiger partial charge in [-0.2, -0.15) is 0 Å². The second-order valence-corrected chi connectivity index (χ2v) is 11.8. The van der Waals surface area contributed by atoms with E-state index in [2.05, 4.69) is 46.4 Å². The molecule has 0 saturated carbocycles. The molecule has 1 fully saturated rings. The number of rotatable bonds is 3. The van der Waals surface area contributed by atoms with Gasteiger partial charge in [-0.15, -0.1) is 11.3 Å². The largest absolute Gasteiger partial charge is 0.352 e. The highest BCUT2D eigenvalue weighted by molar-refractivity contribution is 7.19. The fraction of sp³-hybridized carbons (Fsp3) is 0.708. The van der Waals surface area contributed by atoms with Gasteiger partial charge in [-0.3, -0.25) is 4.79 Å². The number of hydrogen-bond acceptors (Lipinski definition) is 5. The Kier molecular flexibility index (Phi) is 5.82. The summed E-state index contributed by atoms with van der Waals surface area (Å²) in [5, 5.41) is 1.29. The predicted octanol–water partition coefficient (Wildman–Crippen LogP) is 5.02. The van der Waals surface area contributed by atoms with Crippen molar-refractivity contribution in [3.8, 4) is 0 Å². The second-order valence-electron chi connectivity index (χ2n) is 10.7. The number of thiophene rings is 1. The average Bonchev–Trinajstić information content (AvgIpc) is 3.03. The number of piperazine rings is 1. The van der Waals surface area contributed by atoms with Crippen LogP contribution in [0.2, 0.25) is 0 Å². The normalized spacial score (nSPS) is 20.2. The Labute approximate surface area is 184 Å². The van der Waals surface area contributed by atoms with Crippen molar-refractivity contribution in [2.75, 3.05) is 31.1 Å². The van der Waals surface area contributed by atoms with Crippen LogP contribution in [0.1, 0.15) is 76.6 Å². The van der Waals surface area contributed by atoms with E-state index in [0.29, 0.717) is 12.3 Å². The van der Waals surface area contributed by atoms with Gasteiger partial charge in [-0.25, -0.2) is 9.97 Å². The molecule has 2 aromatic heterocycles. The molecular weight excluding hydrogens is 392 g/mol. The van der Waals surface area contributed by atoms with Crippen molar-refractivity contribution in [3.63, 3.8) is 0 Å². The molecule has 1 aliphatic carbocycles. The maximum atomic E-state index is 12.7. The zero-order valence-electron chi connectivity index (χ0n) is 19.4. The van der Waals surface area contributed by atoms with Crippen molar-refractivity contribution in [1.29, 1.82) is 0 Å². The molecule has 0 N–H and O–H groups in total. The lowest BCUT2D eigenvalue weighted by molar-refractivity contribution is -0.133. The molecule has 3 heterocycles. The topological polar surface area (TPSA) is 49.3 Å². The minimum Gasteiger partial charge on any atom is -0.352 e. The molecule has 6 heteroatoms. The van der Waals surface area contributed by atoms with Crippen LogP contribution >= 0.6 is 11.3 Å². The van der Waals surface area contributed by atoms with Crippen LogP contribution in [0.4, 0.5) is 5.82 Å². The number of aryl methyl sites for hydroxylation is 1. The van der Waals surface area contributed by atoms with Gasteiger partial charge in [0.1, 0.15) is 16.5 Å². The van der Waals surface area contributed by atoms with E-state index >= 15 is 0 Å². The first-order chi connectivity index (χ1) is 14.1. The van der Waals surface area contributed by atoms with Gasteiger partial charge >= 0.3 is 0 Å². The molecule has 0 bridgehead atoms. The van der Waals surface area contributed by atoms with Gasteiger partial charge in [-0.05, 0) is 36.2 Å². The zero-order valence-corrected chi connectivity index (χ0v) is 20.2. The quantitative estimate of drug-likeness (QED) is 0.688. The van der Waals surface area contributed by atoms with Crippen molar-refractivity contribution in [2.45, 2.75) is 73.1 Å². The van der Waals surface area contributed by atoms with E-state index in [1.165, 1.54) is 28.7 Å². The summed E-state index contributed by atoms with van der Waals surface area (Å²) in [6.07, 6.45) is 4.16. The van der Waals surface area contributed by atoms with E-state index in [0.717, 1.165) is 55.0 Å².